The largest absolute Gasteiger partial charge is 0.484 e. The van der Waals surface area contributed by atoms with Crippen molar-refractivity contribution >= 4 is 21.9 Å². The molecule has 1 spiro atoms. The van der Waals surface area contributed by atoms with Crippen LogP contribution in [-0.2, 0) is 19.7 Å². The first kappa shape index (κ1) is 21.1. The first-order valence-electron chi connectivity index (χ1n) is 10.2. The topological polar surface area (TPSA) is 122 Å². The Morgan fingerprint density at radius 1 is 1.17 bits per heavy atom. The average molecular weight is 439 g/mol. The second kappa shape index (κ2) is 8.16. The summed E-state index contributed by atoms with van der Waals surface area (Å²) in [5.74, 6) is 0.0748. The number of hydrogen-bond acceptors (Lipinski definition) is 7. The molecule has 1 saturated carbocycles. The molecule has 3 aliphatic rings. The summed E-state index contributed by atoms with van der Waals surface area (Å²) in [6.07, 6.45) is 4.69. The van der Waals surface area contributed by atoms with Gasteiger partial charge in [0.05, 0.1) is 0 Å². The normalized spacial score (nSPS) is 23.2. The highest BCUT2D eigenvalue weighted by atomic mass is 32.2. The lowest BCUT2D eigenvalue weighted by atomic mass is 9.76. The van der Waals surface area contributed by atoms with Crippen molar-refractivity contribution in [3.63, 3.8) is 0 Å². The second-order valence-electron chi connectivity index (χ2n) is 8.31. The highest BCUT2D eigenvalue weighted by Crippen LogP contribution is 2.46. The Morgan fingerprint density at radius 2 is 1.87 bits per heavy atom. The van der Waals surface area contributed by atoms with E-state index in [0.717, 1.165) is 25.7 Å². The van der Waals surface area contributed by atoms with Crippen LogP contribution in [0, 0.1) is 5.41 Å². The summed E-state index contributed by atoms with van der Waals surface area (Å²) in [5.41, 5.74) is -0.0976. The summed E-state index contributed by atoms with van der Waals surface area (Å²) in [5, 5.41) is 3.16. The van der Waals surface area contributed by atoms with Crippen LogP contribution in [0.25, 0.3) is 0 Å². The number of fused-ring (bicyclic) bond motifs is 1. The number of piperidine rings is 1. The maximum atomic E-state index is 12.5. The van der Waals surface area contributed by atoms with E-state index in [1.807, 2.05) is 0 Å². The molecule has 10 heteroatoms. The quantitative estimate of drug-likeness (QED) is 0.388. The van der Waals surface area contributed by atoms with Crippen LogP contribution in [-0.4, -0.2) is 62.0 Å². The molecule has 1 unspecified atom stereocenters. The van der Waals surface area contributed by atoms with Crippen LogP contribution in [0.15, 0.2) is 23.1 Å². The Morgan fingerprint density at radius 3 is 2.53 bits per heavy atom. The fraction of sp³-hybridized carbons (Fsp3) is 0.600. The van der Waals surface area contributed by atoms with E-state index >= 15 is 0 Å². The van der Waals surface area contributed by atoms with Crippen LogP contribution >= 0.6 is 0 Å². The molecule has 1 aromatic carbocycles. The molecule has 1 aliphatic carbocycles. The highest BCUT2D eigenvalue weighted by molar-refractivity contribution is 7.86. The van der Waals surface area contributed by atoms with Crippen molar-refractivity contribution in [1.29, 1.82) is 0 Å². The van der Waals surface area contributed by atoms with Crippen molar-refractivity contribution in [3.05, 3.63) is 18.2 Å². The summed E-state index contributed by atoms with van der Waals surface area (Å²) >= 11 is 0. The van der Waals surface area contributed by atoms with Crippen LogP contribution in [0.3, 0.4) is 0 Å². The summed E-state index contributed by atoms with van der Waals surface area (Å²) in [6.45, 7) is 1.25. The molecule has 2 N–H and O–H groups in total. The van der Waals surface area contributed by atoms with Crippen LogP contribution in [0.4, 0.5) is 0 Å². The Kier molecular flexibility index (Phi) is 5.73. The van der Waals surface area contributed by atoms with Gasteiger partial charge in [0, 0.05) is 32.5 Å². The van der Waals surface area contributed by atoms with Crippen molar-refractivity contribution in [2.24, 2.45) is 5.41 Å². The lowest BCUT2D eigenvalue weighted by Gasteiger charge is -2.37. The predicted octanol–water partition coefficient (Wildman–Crippen LogP) is 1.37. The molecule has 2 fully saturated rings. The van der Waals surface area contributed by atoms with Crippen molar-refractivity contribution < 1.29 is 32.0 Å². The number of likely N-dealkylation sites (tertiary alicyclic amines) is 1. The summed E-state index contributed by atoms with van der Waals surface area (Å²) in [6, 6.07) is 4.28. The molecule has 1 atom stereocenters. The number of amides is 2. The average Bonchev–Trinajstić information content (AvgIpc) is 3.12. The minimum Gasteiger partial charge on any atom is -0.484 e. The van der Waals surface area contributed by atoms with Gasteiger partial charge in [0.15, 0.2) is 11.5 Å². The van der Waals surface area contributed by atoms with Gasteiger partial charge in [-0.05, 0) is 30.4 Å². The maximum absolute atomic E-state index is 12.5. The Bertz CT molecular complexity index is 920. The van der Waals surface area contributed by atoms with E-state index in [2.05, 4.69) is 5.32 Å². The van der Waals surface area contributed by atoms with E-state index in [0.29, 0.717) is 32.5 Å². The standard InChI is InChI=1S/C20H26N2O7S/c23-17-10-20(6-1-2-7-20)11-18(24)22(17)9-8-21-12-14-13-28-19-15(29-14)4-3-5-16(19)30(25,26)27/h3-5,14,21H,1-2,6-13H2,(H,25,26,27). The molecule has 2 amide bonds. The van der Waals surface area contributed by atoms with Gasteiger partial charge in [-0.25, -0.2) is 0 Å². The number of para-hydroxylation sites is 1. The monoisotopic (exact) mass is 438 g/mol. The van der Waals surface area contributed by atoms with Crippen molar-refractivity contribution in [1.82, 2.24) is 10.2 Å². The van der Waals surface area contributed by atoms with Crippen molar-refractivity contribution in [2.45, 2.75) is 49.5 Å². The number of nitrogens with one attached hydrogen (secondary N) is 1. The van der Waals surface area contributed by atoms with Gasteiger partial charge in [-0.3, -0.25) is 19.0 Å². The first-order valence-corrected chi connectivity index (χ1v) is 11.7. The van der Waals surface area contributed by atoms with Crippen LogP contribution < -0.4 is 14.8 Å². The molecule has 4 rings (SSSR count). The van der Waals surface area contributed by atoms with Gasteiger partial charge >= 0.3 is 0 Å². The second-order valence-corrected chi connectivity index (χ2v) is 9.70. The molecule has 0 bridgehead atoms. The predicted molar refractivity (Wildman–Crippen MR) is 106 cm³/mol. The number of nitrogens with zero attached hydrogens (tertiary/aromatic N) is 1. The van der Waals surface area contributed by atoms with Crippen molar-refractivity contribution in [2.75, 3.05) is 26.2 Å². The first-order chi connectivity index (χ1) is 14.3. The summed E-state index contributed by atoms with van der Waals surface area (Å²) in [7, 11) is -4.40. The number of imide groups is 1. The minimum atomic E-state index is -4.40. The van der Waals surface area contributed by atoms with Gasteiger partial charge in [0.25, 0.3) is 10.1 Å². The van der Waals surface area contributed by atoms with E-state index in [1.165, 1.54) is 17.0 Å². The number of ether oxygens (including phenoxy) is 2. The molecule has 0 radical (unpaired) electrons. The van der Waals surface area contributed by atoms with Gasteiger partial charge < -0.3 is 14.8 Å². The van der Waals surface area contributed by atoms with E-state index in [-0.39, 0.29) is 46.3 Å². The fourth-order valence-electron chi connectivity index (χ4n) is 4.64. The van der Waals surface area contributed by atoms with Gasteiger partial charge in [-0.2, -0.15) is 8.42 Å². The van der Waals surface area contributed by atoms with Gasteiger partial charge in [0.1, 0.15) is 17.6 Å². The van der Waals surface area contributed by atoms with E-state index in [9.17, 15) is 22.6 Å². The Labute approximate surface area is 175 Å². The molecular weight excluding hydrogens is 412 g/mol. The molecule has 2 heterocycles. The smallest absolute Gasteiger partial charge is 0.298 e. The third-order valence-electron chi connectivity index (χ3n) is 6.13. The van der Waals surface area contributed by atoms with Gasteiger partial charge in [-0.15, -0.1) is 0 Å². The molecule has 0 aromatic heterocycles. The molecule has 9 nitrogen and oxygen atoms in total. The number of benzene rings is 1. The van der Waals surface area contributed by atoms with Crippen molar-refractivity contribution in [3.8, 4) is 11.5 Å². The fourth-order valence-corrected chi connectivity index (χ4v) is 5.28. The zero-order chi connectivity index (χ0) is 21.4. The lowest BCUT2D eigenvalue weighted by molar-refractivity contribution is -0.153. The number of rotatable bonds is 6. The van der Waals surface area contributed by atoms with E-state index < -0.39 is 10.1 Å². The van der Waals surface area contributed by atoms with Crippen LogP contribution in [0.5, 0.6) is 11.5 Å². The molecule has 164 valence electrons. The minimum absolute atomic E-state index is 0.00148. The third-order valence-corrected chi connectivity index (χ3v) is 7.01. The zero-order valence-electron chi connectivity index (χ0n) is 16.6. The molecule has 2 aliphatic heterocycles. The lowest BCUT2D eigenvalue weighted by Crippen LogP contribution is -2.50. The number of carbonyl (C=O) groups excluding carboxylic acids is 2. The zero-order valence-corrected chi connectivity index (χ0v) is 17.4. The molecule has 30 heavy (non-hydrogen) atoms. The molecular formula is C20H26N2O7S. The SMILES string of the molecule is O=C1CC2(CCCC2)CC(=O)N1CCNCC1COc2c(cccc2S(=O)(=O)O)O1. The van der Waals surface area contributed by atoms with Crippen LogP contribution in [0.2, 0.25) is 0 Å². The third kappa shape index (κ3) is 4.30. The maximum Gasteiger partial charge on any atom is 0.298 e. The van der Waals surface area contributed by atoms with E-state index in [1.54, 1.807) is 6.07 Å². The molecule has 1 saturated heterocycles. The van der Waals surface area contributed by atoms with Crippen LogP contribution in [0.1, 0.15) is 38.5 Å². The number of carbonyl (C=O) groups is 2. The summed E-state index contributed by atoms with van der Waals surface area (Å²) in [4.78, 5) is 26.0. The molecule has 1 aromatic rings. The highest BCUT2D eigenvalue weighted by Gasteiger charge is 2.44. The summed E-state index contributed by atoms with van der Waals surface area (Å²) < 4.78 is 43.4. The Hall–Kier alpha value is -2.17. The van der Waals surface area contributed by atoms with E-state index in [4.69, 9.17) is 9.47 Å². The number of hydrogen-bond donors (Lipinski definition) is 2. The van der Waals surface area contributed by atoms with Gasteiger partial charge in [0.2, 0.25) is 11.8 Å². The van der Waals surface area contributed by atoms with Gasteiger partial charge in [-0.1, -0.05) is 18.9 Å². The Balaban J connectivity index is 1.26.